The van der Waals surface area contributed by atoms with Crippen LogP contribution in [0.2, 0.25) is 0 Å². The fraction of sp³-hybridized carbons (Fsp3) is 0.857. The number of rotatable bonds is 6. The van der Waals surface area contributed by atoms with Gasteiger partial charge in [-0.05, 0) is 13.8 Å². The Hall–Kier alpha value is 1.02. The summed E-state index contributed by atoms with van der Waals surface area (Å²) in [5.41, 5.74) is 0. The molecule has 10 heavy (non-hydrogen) atoms. The molecular formula is C7H15O2Y+2. The van der Waals surface area contributed by atoms with E-state index in [1.54, 1.807) is 0 Å². The van der Waals surface area contributed by atoms with Crippen LogP contribution in [-0.4, -0.2) is 26.4 Å². The first-order valence-corrected chi connectivity index (χ1v) is 3.39. The molecule has 0 bridgehead atoms. The van der Waals surface area contributed by atoms with Crippen molar-refractivity contribution in [3.8, 4) is 0 Å². The molecule has 0 atom stereocenters. The van der Waals surface area contributed by atoms with Crippen molar-refractivity contribution in [2.24, 2.45) is 0 Å². The van der Waals surface area contributed by atoms with Crippen LogP contribution in [0, 0.1) is 6.42 Å². The zero-order chi connectivity index (χ0) is 6.95. The molecule has 0 spiro atoms. The van der Waals surface area contributed by atoms with Crippen LogP contribution < -0.4 is 0 Å². The standard InChI is InChI=1S/C7H15O2.Y/c1-3-8-6-5-7-9-4-2;/h5H,3-4,6-7H2,1-2H3;/q-1;+3. The second-order valence-electron chi connectivity index (χ2n) is 1.61. The summed E-state index contributed by atoms with van der Waals surface area (Å²) < 4.78 is 10.1. The van der Waals surface area contributed by atoms with Gasteiger partial charge in [-0.25, -0.2) is 0 Å². The second kappa shape index (κ2) is 12.7. The molecule has 0 aromatic rings. The molecule has 0 aliphatic heterocycles. The van der Waals surface area contributed by atoms with E-state index in [1.165, 1.54) is 0 Å². The van der Waals surface area contributed by atoms with E-state index in [0.29, 0.717) is 13.2 Å². The Bertz CT molecular complexity index is 44.9. The largest absolute Gasteiger partial charge is 3.00 e. The van der Waals surface area contributed by atoms with Crippen LogP contribution in [0.4, 0.5) is 0 Å². The van der Waals surface area contributed by atoms with Gasteiger partial charge in [-0.15, -0.1) is 0 Å². The van der Waals surface area contributed by atoms with E-state index in [9.17, 15) is 0 Å². The predicted molar refractivity (Wildman–Crippen MR) is 37.3 cm³/mol. The van der Waals surface area contributed by atoms with Gasteiger partial charge in [-0.3, -0.25) is 6.42 Å². The first-order chi connectivity index (χ1) is 4.41. The Morgan fingerprint density at radius 3 is 1.70 bits per heavy atom. The van der Waals surface area contributed by atoms with Gasteiger partial charge in [0.15, 0.2) is 0 Å². The van der Waals surface area contributed by atoms with Gasteiger partial charge < -0.3 is 9.47 Å². The first-order valence-electron chi connectivity index (χ1n) is 3.39. The summed E-state index contributed by atoms with van der Waals surface area (Å²) in [4.78, 5) is 0. The fourth-order valence-electron chi connectivity index (χ4n) is 0.450. The minimum absolute atomic E-state index is 0. The molecule has 0 aliphatic carbocycles. The Kier molecular flexibility index (Phi) is 17.2. The van der Waals surface area contributed by atoms with Crippen molar-refractivity contribution < 1.29 is 42.2 Å². The molecule has 0 heterocycles. The minimum Gasteiger partial charge on any atom is -0.413 e. The molecule has 0 unspecified atom stereocenters. The molecule has 0 N–H and O–H groups in total. The van der Waals surface area contributed by atoms with Gasteiger partial charge >= 0.3 is 32.7 Å². The molecule has 2 nitrogen and oxygen atoms in total. The molecule has 0 saturated heterocycles. The minimum atomic E-state index is 0. The smallest absolute Gasteiger partial charge is 0.413 e. The van der Waals surface area contributed by atoms with Crippen LogP contribution in [0.15, 0.2) is 0 Å². The van der Waals surface area contributed by atoms with Crippen molar-refractivity contribution in [1.29, 1.82) is 0 Å². The summed E-state index contributed by atoms with van der Waals surface area (Å²) in [5.74, 6) is 0. The summed E-state index contributed by atoms with van der Waals surface area (Å²) >= 11 is 0. The van der Waals surface area contributed by atoms with E-state index in [-0.39, 0.29) is 32.7 Å². The van der Waals surface area contributed by atoms with E-state index in [0.717, 1.165) is 13.2 Å². The van der Waals surface area contributed by atoms with Gasteiger partial charge in [0, 0.05) is 13.2 Å². The van der Waals surface area contributed by atoms with Gasteiger partial charge in [0.2, 0.25) is 0 Å². The van der Waals surface area contributed by atoms with Gasteiger partial charge in [-0.1, -0.05) is 13.2 Å². The van der Waals surface area contributed by atoms with Crippen LogP contribution in [0.5, 0.6) is 0 Å². The van der Waals surface area contributed by atoms with Crippen molar-refractivity contribution in [2.45, 2.75) is 13.8 Å². The van der Waals surface area contributed by atoms with E-state index >= 15 is 0 Å². The number of hydrogen-bond acceptors (Lipinski definition) is 2. The van der Waals surface area contributed by atoms with Crippen molar-refractivity contribution in [3.05, 3.63) is 6.42 Å². The van der Waals surface area contributed by atoms with Crippen LogP contribution in [-0.2, 0) is 42.2 Å². The number of hydrogen-bond donors (Lipinski definition) is 0. The van der Waals surface area contributed by atoms with Crippen LogP contribution in [0.1, 0.15) is 13.8 Å². The normalized spacial score (nSPS) is 9.00. The zero-order valence-electron chi connectivity index (χ0n) is 6.80. The SMILES string of the molecule is CCOC[CH-]COCC.[Y+3]. The van der Waals surface area contributed by atoms with Gasteiger partial charge in [0.05, 0.1) is 0 Å². The van der Waals surface area contributed by atoms with Gasteiger partial charge in [0.1, 0.15) is 0 Å². The molecule has 0 rings (SSSR count). The van der Waals surface area contributed by atoms with Gasteiger partial charge in [0.25, 0.3) is 0 Å². The van der Waals surface area contributed by atoms with Crippen LogP contribution in [0.25, 0.3) is 0 Å². The summed E-state index contributed by atoms with van der Waals surface area (Å²) in [6.45, 7) is 6.93. The zero-order valence-corrected chi connectivity index (χ0v) is 9.64. The average Bonchev–Trinajstić information content (AvgIpc) is 1.89. The maximum Gasteiger partial charge on any atom is 3.00 e. The Balaban J connectivity index is 0. The molecule has 0 aromatic heterocycles. The Morgan fingerprint density at radius 2 is 1.40 bits per heavy atom. The average molecular weight is 220 g/mol. The Morgan fingerprint density at radius 1 is 1.00 bits per heavy atom. The monoisotopic (exact) mass is 220 g/mol. The number of ether oxygens (including phenoxy) is 2. The molecule has 0 radical (unpaired) electrons. The third-order valence-corrected chi connectivity index (χ3v) is 0.880. The molecule has 3 heteroatoms. The van der Waals surface area contributed by atoms with E-state index in [4.69, 9.17) is 9.47 Å². The van der Waals surface area contributed by atoms with E-state index in [2.05, 4.69) is 0 Å². The Labute approximate surface area is 88.5 Å². The second-order valence-corrected chi connectivity index (χ2v) is 1.61. The van der Waals surface area contributed by atoms with Gasteiger partial charge in [-0.2, -0.15) is 0 Å². The molecule has 0 amide bonds. The first kappa shape index (κ1) is 13.6. The van der Waals surface area contributed by atoms with Crippen molar-refractivity contribution in [3.63, 3.8) is 0 Å². The molecular weight excluding hydrogens is 205 g/mol. The molecule has 0 aromatic carbocycles. The topological polar surface area (TPSA) is 18.5 Å². The maximum atomic E-state index is 5.04. The molecule has 0 aliphatic rings. The summed E-state index contributed by atoms with van der Waals surface area (Å²) in [5, 5.41) is 0. The van der Waals surface area contributed by atoms with E-state index < -0.39 is 0 Å². The molecule has 0 fully saturated rings. The van der Waals surface area contributed by atoms with E-state index in [1.807, 2.05) is 20.3 Å². The third-order valence-electron chi connectivity index (χ3n) is 0.880. The van der Waals surface area contributed by atoms with Crippen LogP contribution >= 0.6 is 0 Å². The quantitative estimate of drug-likeness (QED) is 0.495. The van der Waals surface area contributed by atoms with Crippen molar-refractivity contribution in [2.75, 3.05) is 26.4 Å². The maximum absolute atomic E-state index is 5.04. The fourth-order valence-corrected chi connectivity index (χ4v) is 0.450. The molecule has 56 valence electrons. The summed E-state index contributed by atoms with van der Waals surface area (Å²) in [6, 6.07) is 0. The summed E-state index contributed by atoms with van der Waals surface area (Å²) in [6.07, 6.45) is 1.98. The van der Waals surface area contributed by atoms with Crippen molar-refractivity contribution >= 4 is 0 Å². The molecule has 0 saturated carbocycles. The summed E-state index contributed by atoms with van der Waals surface area (Å²) in [7, 11) is 0. The predicted octanol–water partition coefficient (Wildman–Crippen LogP) is 1.26. The van der Waals surface area contributed by atoms with Crippen molar-refractivity contribution in [1.82, 2.24) is 0 Å². The third kappa shape index (κ3) is 11.8. The van der Waals surface area contributed by atoms with Crippen LogP contribution in [0.3, 0.4) is 0 Å².